The van der Waals surface area contributed by atoms with Gasteiger partial charge in [-0.2, -0.15) is 0 Å². The normalized spacial score (nSPS) is 28.6. The number of halogens is 2. The van der Waals surface area contributed by atoms with Gasteiger partial charge in [-0.05, 0) is 24.1 Å². The van der Waals surface area contributed by atoms with Gasteiger partial charge in [-0.3, -0.25) is 0 Å². The van der Waals surface area contributed by atoms with Gasteiger partial charge >= 0.3 is 0 Å². The predicted molar refractivity (Wildman–Crippen MR) is 69.2 cm³/mol. The molecule has 1 saturated heterocycles. The van der Waals surface area contributed by atoms with Crippen molar-refractivity contribution in [2.75, 3.05) is 6.61 Å². The van der Waals surface area contributed by atoms with E-state index in [1.54, 1.807) is 0 Å². The molecule has 17 heavy (non-hydrogen) atoms. The molecule has 1 aliphatic heterocycles. The summed E-state index contributed by atoms with van der Waals surface area (Å²) >= 11 is 9.46. The number of aryl methyl sites for hydroxylation is 1. The largest absolute Gasteiger partial charge is 0.394 e. The van der Waals surface area contributed by atoms with E-state index in [1.807, 2.05) is 19.1 Å². The molecule has 3 atom stereocenters. The zero-order valence-electron chi connectivity index (χ0n) is 9.36. The van der Waals surface area contributed by atoms with Crippen molar-refractivity contribution in [2.24, 2.45) is 0 Å². The van der Waals surface area contributed by atoms with Crippen LogP contribution in [0.15, 0.2) is 16.6 Å². The monoisotopic (exact) mass is 320 g/mol. The zero-order valence-corrected chi connectivity index (χ0v) is 11.7. The number of aliphatic hydroxyl groups excluding tert-OH is 2. The standard InChI is InChI=1S/C12H14BrClO3/c1-6-2-7(8(13)3-9(6)14)11-4-10(16)12(5-15)17-11/h2-3,10-12,15-16H,4-5H2,1H3/t10-,11-,12-/m1/s1. The Balaban J connectivity index is 2.27. The molecule has 1 heterocycles. The van der Waals surface area contributed by atoms with Gasteiger partial charge in [0, 0.05) is 15.9 Å². The maximum atomic E-state index is 9.71. The number of hydrogen-bond acceptors (Lipinski definition) is 3. The highest BCUT2D eigenvalue weighted by atomic mass is 79.9. The fourth-order valence-corrected chi connectivity index (χ4v) is 2.91. The Morgan fingerprint density at radius 3 is 2.82 bits per heavy atom. The summed E-state index contributed by atoms with van der Waals surface area (Å²) in [4.78, 5) is 0. The fraction of sp³-hybridized carbons (Fsp3) is 0.500. The highest BCUT2D eigenvalue weighted by Gasteiger charge is 2.35. The van der Waals surface area contributed by atoms with Crippen LogP contribution >= 0.6 is 27.5 Å². The van der Waals surface area contributed by atoms with Gasteiger partial charge in [0.1, 0.15) is 6.10 Å². The van der Waals surface area contributed by atoms with Crippen molar-refractivity contribution in [2.45, 2.75) is 31.7 Å². The maximum Gasteiger partial charge on any atom is 0.107 e. The second-order valence-electron chi connectivity index (χ2n) is 4.27. The molecule has 0 amide bonds. The molecule has 0 aromatic heterocycles. The highest BCUT2D eigenvalue weighted by Crippen LogP contribution is 2.38. The van der Waals surface area contributed by atoms with Gasteiger partial charge in [-0.25, -0.2) is 0 Å². The summed E-state index contributed by atoms with van der Waals surface area (Å²) in [5.74, 6) is 0. The molecule has 1 aliphatic rings. The van der Waals surface area contributed by atoms with Crippen molar-refractivity contribution >= 4 is 27.5 Å². The van der Waals surface area contributed by atoms with Crippen LogP contribution in [0.4, 0.5) is 0 Å². The van der Waals surface area contributed by atoms with Crippen LogP contribution in [0.3, 0.4) is 0 Å². The Hall–Kier alpha value is -0.130. The number of rotatable bonds is 2. The lowest BCUT2D eigenvalue weighted by molar-refractivity contribution is -0.0227. The molecular formula is C12H14BrClO3. The summed E-state index contributed by atoms with van der Waals surface area (Å²) in [5, 5.41) is 19.5. The number of ether oxygens (including phenoxy) is 1. The molecule has 0 aliphatic carbocycles. The van der Waals surface area contributed by atoms with E-state index in [2.05, 4.69) is 15.9 Å². The van der Waals surface area contributed by atoms with Crippen molar-refractivity contribution in [1.82, 2.24) is 0 Å². The Morgan fingerprint density at radius 1 is 1.53 bits per heavy atom. The van der Waals surface area contributed by atoms with E-state index in [0.717, 1.165) is 15.6 Å². The molecule has 5 heteroatoms. The first-order valence-corrected chi connectivity index (χ1v) is 6.60. The topological polar surface area (TPSA) is 49.7 Å². The van der Waals surface area contributed by atoms with Gasteiger partial charge in [0.05, 0.1) is 18.8 Å². The minimum Gasteiger partial charge on any atom is -0.394 e. The lowest BCUT2D eigenvalue weighted by atomic mass is 10.0. The highest BCUT2D eigenvalue weighted by molar-refractivity contribution is 9.10. The first kappa shape index (κ1) is 13.3. The third-order valence-electron chi connectivity index (χ3n) is 3.03. The Bertz CT molecular complexity index is 424. The molecule has 3 nitrogen and oxygen atoms in total. The van der Waals surface area contributed by atoms with Crippen LogP contribution in [0.25, 0.3) is 0 Å². The van der Waals surface area contributed by atoms with Crippen molar-refractivity contribution in [1.29, 1.82) is 0 Å². The van der Waals surface area contributed by atoms with E-state index in [9.17, 15) is 5.11 Å². The lowest BCUT2D eigenvalue weighted by Gasteiger charge is -2.15. The minimum atomic E-state index is -0.618. The molecular weight excluding hydrogens is 307 g/mol. The summed E-state index contributed by atoms with van der Waals surface area (Å²) in [7, 11) is 0. The summed E-state index contributed by atoms with van der Waals surface area (Å²) in [6, 6.07) is 3.78. The molecule has 2 N–H and O–H groups in total. The Labute approximate surface area is 113 Å². The molecule has 0 spiro atoms. The van der Waals surface area contributed by atoms with Gasteiger partial charge in [-0.15, -0.1) is 0 Å². The second-order valence-corrected chi connectivity index (χ2v) is 5.53. The van der Waals surface area contributed by atoms with Crippen LogP contribution in [0, 0.1) is 6.92 Å². The molecule has 0 bridgehead atoms. The smallest absolute Gasteiger partial charge is 0.107 e. The molecule has 1 aromatic rings. The molecule has 0 unspecified atom stereocenters. The van der Waals surface area contributed by atoms with Gasteiger partial charge < -0.3 is 14.9 Å². The van der Waals surface area contributed by atoms with E-state index in [-0.39, 0.29) is 12.7 Å². The Kier molecular flexibility index (Phi) is 4.10. The van der Waals surface area contributed by atoms with Crippen LogP contribution in [0.1, 0.15) is 23.7 Å². The molecule has 0 radical (unpaired) electrons. The van der Waals surface area contributed by atoms with Crippen LogP contribution in [0.5, 0.6) is 0 Å². The van der Waals surface area contributed by atoms with E-state index in [1.165, 1.54) is 0 Å². The van der Waals surface area contributed by atoms with Crippen molar-refractivity contribution in [3.05, 3.63) is 32.8 Å². The fourth-order valence-electron chi connectivity index (χ4n) is 2.02. The first-order chi connectivity index (χ1) is 8.02. The van der Waals surface area contributed by atoms with Gasteiger partial charge in [0.15, 0.2) is 0 Å². The molecule has 0 saturated carbocycles. The quantitative estimate of drug-likeness (QED) is 0.880. The van der Waals surface area contributed by atoms with Crippen molar-refractivity contribution in [3.8, 4) is 0 Å². The summed E-state index contributed by atoms with van der Waals surface area (Å²) in [6.45, 7) is 1.76. The van der Waals surface area contributed by atoms with Crippen LogP contribution < -0.4 is 0 Å². The minimum absolute atomic E-state index is 0.165. The van der Waals surface area contributed by atoms with E-state index in [4.69, 9.17) is 21.4 Å². The van der Waals surface area contributed by atoms with Gasteiger partial charge in [0.25, 0.3) is 0 Å². The molecule has 94 valence electrons. The molecule has 2 rings (SSSR count). The van der Waals surface area contributed by atoms with Crippen molar-refractivity contribution < 1.29 is 14.9 Å². The lowest BCUT2D eigenvalue weighted by Crippen LogP contribution is -2.24. The van der Waals surface area contributed by atoms with E-state index >= 15 is 0 Å². The van der Waals surface area contributed by atoms with E-state index in [0.29, 0.717) is 11.4 Å². The average Bonchev–Trinajstić information content (AvgIpc) is 2.65. The summed E-state index contributed by atoms with van der Waals surface area (Å²) in [5.41, 5.74) is 1.93. The predicted octanol–water partition coefficient (Wildman–Crippen LogP) is 2.59. The SMILES string of the molecule is Cc1cc([C@H]2C[C@@H](O)[C@@H](CO)O2)c(Br)cc1Cl. The molecule has 1 aromatic carbocycles. The number of hydrogen-bond donors (Lipinski definition) is 2. The third kappa shape index (κ3) is 2.66. The van der Waals surface area contributed by atoms with E-state index < -0.39 is 12.2 Å². The van der Waals surface area contributed by atoms with Gasteiger partial charge in [0.2, 0.25) is 0 Å². The maximum absolute atomic E-state index is 9.71. The second kappa shape index (κ2) is 5.24. The van der Waals surface area contributed by atoms with Crippen LogP contribution in [0.2, 0.25) is 5.02 Å². The van der Waals surface area contributed by atoms with Crippen LogP contribution in [-0.2, 0) is 4.74 Å². The first-order valence-electron chi connectivity index (χ1n) is 5.43. The average molecular weight is 322 g/mol. The van der Waals surface area contributed by atoms with Gasteiger partial charge in [-0.1, -0.05) is 33.6 Å². The van der Waals surface area contributed by atoms with Crippen molar-refractivity contribution in [3.63, 3.8) is 0 Å². The molecule has 1 fully saturated rings. The zero-order chi connectivity index (χ0) is 12.6. The third-order valence-corrected chi connectivity index (χ3v) is 4.12. The Morgan fingerprint density at radius 2 is 2.24 bits per heavy atom. The summed E-state index contributed by atoms with van der Waals surface area (Å²) < 4.78 is 6.48. The van der Waals surface area contributed by atoms with Crippen LogP contribution in [-0.4, -0.2) is 29.0 Å². The number of aliphatic hydroxyl groups is 2. The number of benzene rings is 1. The summed E-state index contributed by atoms with van der Waals surface area (Å²) in [6.07, 6.45) is -0.825.